The summed E-state index contributed by atoms with van der Waals surface area (Å²) < 4.78 is 26.9. The van der Waals surface area contributed by atoms with Gasteiger partial charge >= 0.3 is 5.97 Å². The quantitative estimate of drug-likeness (QED) is 0.350. The molecule has 0 aliphatic rings. The number of aromatic hydroxyl groups is 1. The minimum atomic E-state index is -1.13. The molecular weight excluding hydrogens is 402 g/mol. The van der Waals surface area contributed by atoms with Crippen molar-refractivity contribution in [2.45, 2.75) is 0 Å². The van der Waals surface area contributed by atoms with Crippen LogP contribution in [0.3, 0.4) is 0 Å². The number of H-pyrrole nitrogens is 1. The van der Waals surface area contributed by atoms with Gasteiger partial charge in [-0.2, -0.15) is 0 Å². The zero-order valence-electron chi connectivity index (χ0n) is 15.9. The SMILES string of the molecule is O=C(O)c1cc(O)c2c(ccc3[nH]c(-c4cccc(-c5ccc(F)c(F)c5)c4)nc32)c1. The summed E-state index contributed by atoms with van der Waals surface area (Å²) in [4.78, 5) is 19.1. The average Bonchev–Trinajstić information content (AvgIpc) is 3.20. The van der Waals surface area contributed by atoms with Gasteiger partial charge < -0.3 is 15.2 Å². The van der Waals surface area contributed by atoms with Gasteiger partial charge in [0.05, 0.1) is 16.5 Å². The summed E-state index contributed by atoms with van der Waals surface area (Å²) in [7, 11) is 0. The molecule has 0 aliphatic heterocycles. The number of rotatable bonds is 3. The molecule has 0 saturated carbocycles. The second kappa shape index (κ2) is 6.91. The van der Waals surface area contributed by atoms with Crippen LogP contribution in [0.1, 0.15) is 10.4 Å². The van der Waals surface area contributed by atoms with Gasteiger partial charge in [0, 0.05) is 5.56 Å². The van der Waals surface area contributed by atoms with E-state index in [1.165, 1.54) is 18.2 Å². The number of nitrogens with one attached hydrogen (secondary N) is 1. The molecular formula is C24H14F2N2O3. The van der Waals surface area contributed by atoms with E-state index in [0.29, 0.717) is 44.3 Å². The number of carboxylic acid groups (broad SMARTS) is 1. The maximum Gasteiger partial charge on any atom is 0.335 e. The molecule has 0 radical (unpaired) electrons. The Kier molecular flexibility index (Phi) is 4.18. The van der Waals surface area contributed by atoms with Gasteiger partial charge in [-0.05, 0) is 52.9 Å². The Morgan fingerprint density at radius 1 is 0.871 bits per heavy atom. The third-order valence-corrected chi connectivity index (χ3v) is 5.18. The number of phenolic OH excluding ortho intramolecular Hbond substituents is 1. The number of aromatic carboxylic acids is 1. The first-order valence-corrected chi connectivity index (χ1v) is 9.35. The van der Waals surface area contributed by atoms with Crippen LogP contribution in [0.4, 0.5) is 8.78 Å². The summed E-state index contributed by atoms with van der Waals surface area (Å²) in [5.41, 5.74) is 3.09. The van der Waals surface area contributed by atoms with Gasteiger partial charge in [0.25, 0.3) is 0 Å². The van der Waals surface area contributed by atoms with Gasteiger partial charge in [0.15, 0.2) is 11.6 Å². The topological polar surface area (TPSA) is 86.2 Å². The standard InChI is InChI=1S/C24H14F2N2O3/c25-17-6-4-13(10-18(17)26)12-2-1-3-15(8-12)23-27-19-7-5-14-9-16(24(30)31)11-20(29)21(14)22(19)28-23/h1-11,29H,(H,27,28)(H,30,31). The molecule has 0 atom stereocenters. The average molecular weight is 416 g/mol. The van der Waals surface area contributed by atoms with E-state index < -0.39 is 17.6 Å². The zero-order chi connectivity index (χ0) is 21.7. The van der Waals surface area contributed by atoms with Gasteiger partial charge in [-0.3, -0.25) is 0 Å². The highest BCUT2D eigenvalue weighted by molar-refractivity contribution is 6.10. The molecule has 0 saturated heterocycles. The minimum Gasteiger partial charge on any atom is -0.507 e. The molecule has 0 spiro atoms. The molecule has 31 heavy (non-hydrogen) atoms. The fourth-order valence-corrected chi connectivity index (χ4v) is 3.69. The molecule has 4 aromatic carbocycles. The molecule has 0 aliphatic carbocycles. The van der Waals surface area contributed by atoms with Crippen molar-refractivity contribution in [3.63, 3.8) is 0 Å². The van der Waals surface area contributed by atoms with Gasteiger partial charge in [-0.15, -0.1) is 0 Å². The molecule has 3 N–H and O–H groups in total. The van der Waals surface area contributed by atoms with E-state index >= 15 is 0 Å². The van der Waals surface area contributed by atoms with Crippen molar-refractivity contribution in [3.8, 4) is 28.3 Å². The number of carboxylic acids is 1. The maximum absolute atomic E-state index is 13.6. The molecule has 152 valence electrons. The van der Waals surface area contributed by atoms with E-state index in [4.69, 9.17) is 0 Å². The number of benzene rings is 4. The third-order valence-electron chi connectivity index (χ3n) is 5.18. The smallest absolute Gasteiger partial charge is 0.335 e. The molecule has 5 nitrogen and oxygen atoms in total. The number of phenols is 1. The van der Waals surface area contributed by atoms with Crippen LogP contribution in [0, 0.1) is 11.6 Å². The molecule has 7 heteroatoms. The summed E-state index contributed by atoms with van der Waals surface area (Å²) in [6.45, 7) is 0. The van der Waals surface area contributed by atoms with Crippen molar-refractivity contribution < 1.29 is 23.8 Å². The van der Waals surface area contributed by atoms with Gasteiger partial charge in [-0.1, -0.05) is 30.3 Å². The number of nitrogens with zero attached hydrogens (tertiary/aromatic N) is 1. The van der Waals surface area contributed by atoms with Crippen LogP contribution < -0.4 is 0 Å². The van der Waals surface area contributed by atoms with Gasteiger partial charge in [0.1, 0.15) is 17.1 Å². The first-order chi connectivity index (χ1) is 14.9. The molecule has 0 unspecified atom stereocenters. The van der Waals surface area contributed by atoms with Crippen molar-refractivity contribution >= 4 is 27.8 Å². The summed E-state index contributed by atoms with van der Waals surface area (Å²) in [6, 6.07) is 17.1. The maximum atomic E-state index is 13.6. The number of aromatic amines is 1. The Morgan fingerprint density at radius 3 is 2.42 bits per heavy atom. The number of fused-ring (bicyclic) bond motifs is 3. The van der Waals surface area contributed by atoms with Gasteiger partial charge in [-0.25, -0.2) is 18.6 Å². The Labute approximate surface area is 174 Å². The van der Waals surface area contributed by atoms with Crippen molar-refractivity contribution in [2.24, 2.45) is 0 Å². The predicted molar refractivity (Wildman–Crippen MR) is 113 cm³/mol. The molecule has 5 rings (SSSR count). The van der Waals surface area contributed by atoms with Crippen molar-refractivity contribution in [3.05, 3.63) is 83.9 Å². The van der Waals surface area contributed by atoms with Gasteiger partial charge in [0.2, 0.25) is 0 Å². The highest BCUT2D eigenvalue weighted by Crippen LogP contribution is 2.34. The molecule has 5 aromatic rings. The highest BCUT2D eigenvalue weighted by atomic mass is 19.2. The molecule has 0 amide bonds. The fourth-order valence-electron chi connectivity index (χ4n) is 3.69. The van der Waals surface area contributed by atoms with Crippen molar-refractivity contribution in [1.82, 2.24) is 9.97 Å². The summed E-state index contributed by atoms with van der Waals surface area (Å²) in [5, 5.41) is 20.6. The number of carbonyl (C=O) groups is 1. The van der Waals surface area contributed by atoms with E-state index in [1.807, 2.05) is 6.07 Å². The second-order valence-corrected chi connectivity index (χ2v) is 7.16. The normalized spacial score (nSPS) is 11.3. The summed E-state index contributed by atoms with van der Waals surface area (Å²) in [5.74, 6) is -2.61. The summed E-state index contributed by atoms with van der Waals surface area (Å²) in [6.07, 6.45) is 0. The van der Waals surface area contributed by atoms with E-state index in [1.54, 1.807) is 30.3 Å². The Balaban J connectivity index is 1.65. The first-order valence-electron chi connectivity index (χ1n) is 9.35. The largest absolute Gasteiger partial charge is 0.507 e. The van der Waals surface area contributed by atoms with Crippen LogP contribution in [0.5, 0.6) is 5.75 Å². The van der Waals surface area contributed by atoms with Crippen LogP contribution >= 0.6 is 0 Å². The van der Waals surface area contributed by atoms with E-state index in [9.17, 15) is 23.8 Å². The van der Waals surface area contributed by atoms with Crippen molar-refractivity contribution in [1.29, 1.82) is 0 Å². The third kappa shape index (κ3) is 3.16. The monoisotopic (exact) mass is 416 g/mol. The van der Waals surface area contributed by atoms with Crippen LogP contribution in [0.25, 0.3) is 44.3 Å². The molecule has 1 aromatic heterocycles. The lowest BCUT2D eigenvalue weighted by Gasteiger charge is -2.05. The lowest BCUT2D eigenvalue weighted by atomic mass is 10.0. The zero-order valence-corrected chi connectivity index (χ0v) is 15.9. The molecule has 0 bridgehead atoms. The van der Waals surface area contributed by atoms with Crippen LogP contribution in [0.2, 0.25) is 0 Å². The lowest BCUT2D eigenvalue weighted by Crippen LogP contribution is -1.95. The number of hydrogen-bond donors (Lipinski definition) is 3. The molecule has 0 fully saturated rings. The fraction of sp³-hybridized carbons (Fsp3) is 0. The minimum absolute atomic E-state index is 0.0145. The number of aromatic nitrogens is 2. The first kappa shape index (κ1) is 18.7. The van der Waals surface area contributed by atoms with Crippen LogP contribution in [-0.4, -0.2) is 26.2 Å². The van der Waals surface area contributed by atoms with E-state index in [0.717, 1.165) is 12.1 Å². The van der Waals surface area contributed by atoms with Crippen molar-refractivity contribution in [2.75, 3.05) is 0 Å². The predicted octanol–water partition coefficient (Wildman–Crippen LogP) is 5.73. The van der Waals surface area contributed by atoms with E-state index in [-0.39, 0.29) is 11.3 Å². The lowest BCUT2D eigenvalue weighted by molar-refractivity contribution is 0.0696. The van der Waals surface area contributed by atoms with E-state index in [2.05, 4.69) is 9.97 Å². The highest BCUT2D eigenvalue weighted by Gasteiger charge is 2.15. The molecule has 1 heterocycles. The van der Waals surface area contributed by atoms with Crippen LogP contribution in [0.15, 0.2) is 66.7 Å². The summed E-state index contributed by atoms with van der Waals surface area (Å²) >= 11 is 0. The Bertz CT molecular complexity index is 1510. The second-order valence-electron chi connectivity index (χ2n) is 7.16. The number of hydrogen-bond acceptors (Lipinski definition) is 3. The number of imidazole rings is 1. The number of halogens is 2. The Morgan fingerprint density at radius 2 is 1.65 bits per heavy atom. The Hall–Kier alpha value is -4.26. The van der Waals surface area contributed by atoms with Crippen LogP contribution in [-0.2, 0) is 0 Å².